The van der Waals surface area contributed by atoms with Crippen LogP contribution in [0.15, 0.2) is 48.5 Å². The first-order valence-corrected chi connectivity index (χ1v) is 12.8. The standard InChI is InChI=1S/C29H33F3O3S/c1-7-34-27(33)25-13-12-24(36-25)23(14-15-29(30,31)32)35-22-16-18(2)26(19(3)17-22)20-8-10-21(11-9-20)28(4,5)6/h8-13,16-17,23H,7,14-15H2,1-6H3/t23-/m1/s1. The molecule has 0 spiro atoms. The number of halogens is 3. The quantitative estimate of drug-likeness (QED) is 0.279. The van der Waals surface area contributed by atoms with Gasteiger partial charge in [0.25, 0.3) is 0 Å². The summed E-state index contributed by atoms with van der Waals surface area (Å²) in [6.07, 6.45) is -6.38. The SMILES string of the molecule is CCOC(=O)c1ccc([C@@H](CCC(F)(F)F)Oc2cc(C)c(-c3ccc(C(C)(C)C)cc3)c(C)c2)s1. The zero-order valence-electron chi connectivity index (χ0n) is 21.6. The second kappa shape index (κ2) is 11.1. The number of ether oxygens (including phenoxy) is 2. The molecular formula is C29H33F3O3S. The molecule has 1 heterocycles. The maximum Gasteiger partial charge on any atom is 0.389 e. The number of hydrogen-bond donors (Lipinski definition) is 0. The van der Waals surface area contributed by atoms with Gasteiger partial charge >= 0.3 is 12.1 Å². The molecule has 3 rings (SSSR count). The predicted octanol–water partition coefficient (Wildman–Crippen LogP) is 8.97. The summed E-state index contributed by atoms with van der Waals surface area (Å²) in [5.41, 5.74) is 5.40. The van der Waals surface area contributed by atoms with Gasteiger partial charge in [0.2, 0.25) is 0 Å². The Morgan fingerprint density at radius 3 is 2.11 bits per heavy atom. The Hall–Kier alpha value is -2.80. The molecule has 3 aromatic rings. The van der Waals surface area contributed by atoms with E-state index in [2.05, 4.69) is 45.0 Å². The van der Waals surface area contributed by atoms with Crippen LogP contribution in [-0.2, 0) is 10.2 Å². The van der Waals surface area contributed by atoms with E-state index < -0.39 is 24.7 Å². The fourth-order valence-electron chi connectivity index (χ4n) is 4.14. The van der Waals surface area contributed by atoms with Gasteiger partial charge in [-0.05, 0) is 84.7 Å². The lowest BCUT2D eigenvalue weighted by Crippen LogP contribution is -2.13. The minimum atomic E-state index is -4.31. The van der Waals surface area contributed by atoms with Crippen LogP contribution in [0.3, 0.4) is 0 Å². The van der Waals surface area contributed by atoms with Crippen molar-refractivity contribution < 1.29 is 27.4 Å². The number of benzene rings is 2. The van der Waals surface area contributed by atoms with Crippen LogP contribution in [0.1, 0.15) is 77.9 Å². The second-order valence-electron chi connectivity index (χ2n) is 9.94. The highest BCUT2D eigenvalue weighted by Crippen LogP contribution is 2.38. The highest BCUT2D eigenvalue weighted by molar-refractivity contribution is 7.14. The summed E-state index contributed by atoms with van der Waals surface area (Å²) in [6, 6.07) is 15.4. The number of thiophene rings is 1. The molecule has 3 nitrogen and oxygen atoms in total. The first kappa shape index (κ1) is 27.8. The van der Waals surface area contributed by atoms with Gasteiger partial charge in [0.15, 0.2) is 0 Å². The Morgan fingerprint density at radius 1 is 0.972 bits per heavy atom. The highest BCUT2D eigenvalue weighted by Gasteiger charge is 2.30. The van der Waals surface area contributed by atoms with Crippen molar-refractivity contribution in [3.05, 3.63) is 75.0 Å². The Kier molecular flexibility index (Phi) is 8.55. The summed E-state index contributed by atoms with van der Waals surface area (Å²) in [6.45, 7) is 12.4. The number of esters is 1. The molecule has 0 saturated heterocycles. The van der Waals surface area contributed by atoms with E-state index in [4.69, 9.17) is 9.47 Å². The molecule has 0 aliphatic carbocycles. The van der Waals surface area contributed by atoms with Gasteiger partial charge in [-0.1, -0.05) is 45.0 Å². The van der Waals surface area contributed by atoms with E-state index in [1.807, 2.05) is 26.0 Å². The first-order valence-electron chi connectivity index (χ1n) is 12.0. The molecule has 0 radical (unpaired) electrons. The van der Waals surface area contributed by atoms with E-state index in [1.165, 1.54) is 5.56 Å². The van der Waals surface area contributed by atoms with Gasteiger partial charge in [0.05, 0.1) is 6.61 Å². The molecule has 194 valence electrons. The molecule has 36 heavy (non-hydrogen) atoms. The summed E-state index contributed by atoms with van der Waals surface area (Å²) < 4.78 is 50.3. The average Bonchev–Trinajstić information content (AvgIpc) is 3.26. The van der Waals surface area contributed by atoms with E-state index in [0.29, 0.717) is 15.5 Å². The third kappa shape index (κ3) is 7.12. The van der Waals surface area contributed by atoms with Gasteiger partial charge in [-0.25, -0.2) is 4.79 Å². The van der Waals surface area contributed by atoms with E-state index in [-0.39, 0.29) is 18.4 Å². The zero-order valence-corrected chi connectivity index (χ0v) is 22.4. The molecule has 1 aromatic heterocycles. The fraction of sp³-hybridized carbons (Fsp3) is 0.414. The minimum absolute atomic E-state index is 0.0562. The minimum Gasteiger partial charge on any atom is -0.485 e. The summed E-state index contributed by atoms with van der Waals surface area (Å²) in [7, 11) is 0. The zero-order chi connectivity index (χ0) is 26.7. The fourth-order valence-corrected chi connectivity index (χ4v) is 5.11. The van der Waals surface area contributed by atoms with Crippen LogP contribution in [-0.4, -0.2) is 18.8 Å². The molecule has 0 saturated carbocycles. The number of aryl methyl sites for hydroxylation is 2. The summed E-state index contributed by atoms with van der Waals surface area (Å²) >= 11 is 1.10. The van der Waals surface area contributed by atoms with Crippen LogP contribution >= 0.6 is 11.3 Å². The molecule has 0 aliphatic heterocycles. The number of carbonyl (C=O) groups is 1. The molecule has 2 aromatic carbocycles. The summed E-state index contributed by atoms with van der Waals surface area (Å²) in [4.78, 5) is 13.0. The van der Waals surface area contributed by atoms with Crippen molar-refractivity contribution in [3.63, 3.8) is 0 Å². The molecule has 0 bridgehead atoms. The maximum absolute atomic E-state index is 13.0. The van der Waals surface area contributed by atoms with Crippen LogP contribution < -0.4 is 4.74 Å². The van der Waals surface area contributed by atoms with Crippen LogP contribution in [0.4, 0.5) is 13.2 Å². The van der Waals surface area contributed by atoms with Crippen molar-refractivity contribution in [2.45, 2.75) is 72.1 Å². The van der Waals surface area contributed by atoms with Gasteiger partial charge in [0, 0.05) is 11.3 Å². The van der Waals surface area contributed by atoms with Crippen LogP contribution in [0.5, 0.6) is 5.75 Å². The Bertz CT molecular complexity index is 1160. The van der Waals surface area contributed by atoms with Crippen molar-refractivity contribution in [2.75, 3.05) is 6.61 Å². The van der Waals surface area contributed by atoms with Gasteiger partial charge in [0.1, 0.15) is 16.7 Å². The van der Waals surface area contributed by atoms with Gasteiger partial charge in [-0.15, -0.1) is 11.3 Å². The van der Waals surface area contributed by atoms with Crippen LogP contribution in [0, 0.1) is 13.8 Å². The third-order valence-electron chi connectivity index (χ3n) is 5.93. The van der Waals surface area contributed by atoms with Crippen molar-refractivity contribution in [3.8, 4) is 16.9 Å². The second-order valence-corrected chi connectivity index (χ2v) is 11.1. The van der Waals surface area contributed by atoms with Crippen molar-refractivity contribution >= 4 is 17.3 Å². The Morgan fingerprint density at radius 2 is 1.58 bits per heavy atom. The van der Waals surface area contributed by atoms with E-state index in [9.17, 15) is 18.0 Å². The Balaban J connectivity index is 1.89. The van der Waals surface area contributed by atoms with E-state index in [1.54, 1.807) is 19.1 Å². The van der Waals surface area contributed by atoms with E-state index >= 15 is 0 Å². The lowest BCUT2D eigenvalue weighted by atomic mass is 9.85. The maximum atomic E-state index is 13.0. The number of rotatable bonds is 8. The first-order chi connectivity index (χ1) is 16.8. The monoisotopic (exact) mass is 518 g/mol. The molecule has 0 amide bonds. The van der Waals surface area contributed by atoms with Crippen LogP contribution in [0.2, 0.25) is 0 Å². The smallest absolute Gasteiger partial charge is 0.389 e. The number of hydrogen-bond acceptors (Lipinski definition) is 4. The van der Waals surface area contributed by atoms with E-state index in [0.717, 1.165) is 33.6 Å². The number of carbonyl (C=O) groups excluding carboxylic acids is 1. The third-order valence-corrected chi connectivity index (χ3v) is 7.09. The molecule has 0 fully saturated rings. The number of alkyl halides is 3. The normalized spacial score (nSPS) is 12.9. The topological polar surface area (TPSA) is 35.5 Å². The lowest BCUT2D eigenvalue weighted by molar-refractivity contribution is -0.139. The Labute approximate surface area is 215 Å². The molecule has 7 heteroatoms. The molecule has 0 unspecified atom stereocenters. The van der Waals surface area contributed by atoms with Gasteiger partial charge in [-0.2, -0.15) is 13.2 Å². The van der Waals surface area contributed by atoms with Crippen molar-refractivity contribution in [2.24, 2.45) is 0 Å². The summed E-state index contributed by atoms with van der Waals surface area (Å²) in [5.74, 6) is 0.00941. The average molecular weight is 519 g/mol. The summed E-state index contributed by atoms with van der Waals surface area (Å²) in [5, 5.41) is 0. The molecule has 0 N–H and O–H groups in total. The highest BCUT2D eigenvalue weighted by atomic mass is 32.1. The van der Waals surface area contributed by atoms with Crippen molar-refractivity contribution in [1.82, 2.24) is 0 Å². The lowest BCUT2D eigenvalue weighted by Gasteiger charge is -2.22. The van der Waals surface area contributed by atoms with Gasteiger partial charge in [-0.3, -0.25) is 0 Å². The molecule has 1 atom stereocenters. The predicted molar refractivity (Wildman–Crippen MR) is 139 cm³/mol. The van der Waals surface area contributed by atoms with Crippen molar-refractivity contribution in [1.29, 1.82) is 0 Å². The molecular weight excluding hydrogens is 485 g/mol. The molecule has 0 aliphatic rings. The largest absolute Gasteiger partial charge is 0.485 e. The van der Waals surface area contributed by atoms with Gasteiger partial charge < -0.3 is 9.47 Å². The van der Waals surface area contributed by atoms with Crippen LogP contribution in [0.25, 0.3) is 11.1 Å².